The highest BCUT2D eigenvalue weighted by atomic mass is 35.5. The molecule has 2 heterocycles. The summed E-state index contributed by atoms with van der Waals surface area (Å²) in [4.78, 5) is 32.8. The van der Waals surface area contributed by atoms with Gasteiger partial charge in [-0.3, -0.25) is 14.2 Å². The summed E-state index contributed by atoms with van der Waals surface area (Å²) in [5.74, 6) is -0.441. The Morgan fingerprint density at radius 3 is 2.71 bits per heavy atom. The first-order valence-corrected chi connectivity index (χ1v) is 11.9. The number of fused-ring (bicyclic) bond motifs is 3. The van der Waals surface area contributed by atoms with E-state index in [-0.39, 0.29) is 22.6 Å². The molecule has 1 aliphatic rings. The number of rotatable bonds is 5. The smallest absolute Gasteiger partial charge is 0.267 e. The number of aromatic nitrogens is 2. The zero-order valence-corrected chi connectivity index (χ0v) is 19.2. The number of thiophene rings is 1. The number of allylic oxidation sites excluding steroid dienone is 2. The van der Waals surface area contributed by atoms with Crippen LogP contribution in [0.1, 0.15) is 30.2 Å². The number of nitrogens with two attached hydrogens (primary N) is 1. The molecule has 0 atom stereocenters. The molecule has 31 heavy (non-hydrogen) atoms. The lowest BCUT2D eigenvalue weighted by molar-refractivity contribution is -0.112. The molecule has 2 aromatic heterocycles. The zero-order valence-electron chi connectivity index (χ0n) is 16.8. The Balaban J connectivity index is 1.85. The maximum absolute atomic E-state index is 13.6. The van der Waals surface area contributed by atoms with Crippen molar-refractivity contribution < 1.29 is 4.79 Å². The number of benzene rings is 1. The molecule has 3 aromatic rings. The van der Waals surface area contributed by atoms with Gasteiger partial charge in [0.05, 0.1) is 16.8 Å². The third kappa shape index (κ3) is 4.13. The van der Waals surface area contributed by atoms with Crippen molar-refractivity contribution in [1.29, 1.82) is 5.26 Å². The molecule has 0 unspecified atom stereocenters. The van der Waals surface area contributed by atoms with Crippen LogP contribution < -0.4 is 11.3 Å². The lowest BCUT2D eigenvalue weighted by Gasteiger charge is -2.13. The summed E-state index contributed by atoms with van der Waals surface area (Å²) in [7, 11) is 0. The van der Waals surface area contributed by atoms with Crippen molar-refractivity contribution in [3.8, 4) is 11.8 Å². The molecular formula is C22H19ClN4O2S2. The zero-order chi connectivity index (χ0) is 22.1. The number of carbonyl (C=O) groups excluding carboxylic acids is 1. The fourth-order valence-electron chi connectivity index (χ4n) is 3.67. The average Bonchev–Trinajstić information content (AvgIpc) is 3.12. The number of thioether (sulfide) groups is 1. The van der Waals surface area contributed by atoms with Crippen LogP contribution in [0, 0.1) is 11.3 Å². The second-order valence-corrected chi connectivity index (χ2v) is 9.75. The van der Waals surface area contributed by atoms with E-state index in [1.54, 1.807) is 35.6 Å². The minimum Gasteiger partial charge on any atom is -0.401 e. The normalized spacial score (nSPS) is 14.1. The summed E-state index contributed by atoms with van der Waals surface area (Å²) in [5, 5.41) is 10.8. The van der Waals surface area contributed by atoms with Crippen molar-refractivity contribution in [2.45, 2.75) is 37.8 Å². The van der Waals surface area contributed by atoms with Gasteiger partial charge in [0.1, 0.15) is 16.5 Å². The largest absolute Gasteiger partial charge is 0.401 e. The van der Waals surface area contributed by atoms with E-state index in [1.807, 2.05) is 6.07 Å². The lowest BCUT2D eigenvalue weighted by Crippen LogP contribution is -2.23. The summed E-state index contributed by atoms with van der Waals surface area (Å²) >= 11 is 8.72. The predicted octanol–water partition coefficient (Wildman–Crippen LogP) is 4.40. The maximum atomic E-state index is 13.6. The standard InChI is InChI=1S/C22H19ClN4O2S2/c1-12(25)16(10-24)17(28)11-30-22-26-20-19(15-4-2-3-5-18(15)31-20)21(29)27(22)14-8-6-13(23)7-9-14/h6-9H,2-5,11,25H2,1H3/b16-12+. The maximum Gasteiger partial charge on any atom is 0.267 e. The van der Waals surface area contributed by atoms with E-state index in [0.717, 1.165) is 43.0 Å². The van der Waals surface area contributed by atoms with Gasteiger partial charge in [-0.2, -0.15) is 5.26 Å². The molecule has 0 aliphatic heterocycles. The molecule has 2 N–H and O–H groups in total. The first kappa shape index (κ1) is 21.6. The monoisotopic (exact) mass is 470 g/mol. The Labute approximate surface area is 192 Å². The highest BCUT2D eigenvalue weighted by molar-refractivity contribution is 7.99. The molecule has 1 aliphatic carbocycles. The van der Waals surface area contributed by atoms with E-state index in [4.69, 9.17) is 22.3 Å². The van der Waals surface area contributed by atoms with Crippen LogP contribution in [0.5, 0.6) is 0 Å². The molecule has 0 saturated heterocycles. The van der Waals surface area contributed by atoms with E-state index in [1.165, 1.54) is 16.4 Å². The number of ketones is 1. The van der Waals surface area contributed by atoms with Crippen molar-refractivity contribution in [1.82, 2.24) is 9.55 Å². The first-order chi connectivity index (χ1) is 14.9. The van der Waals surface area contributed by atoms with Crippen LogP contribution in [-0.4, -0.2) is 21.1 Å². The number of hydrogen-bond donors (Lipinski definition) is 1. The van der Waals surface area contributed by atoms with Crippen LogP contribution in [0.25, 0.3) is 15.9 Å². The molecule has 0 amide bonds. The van der Waals surface area contributed by atoms with Gasteiger partial charge < -0.3 is 5.73 Å². The van der Waals surface area contributed by atoms with Crippen molar-refractivity contribution in [3.05, 3.63) is 61.4 Å². The topological polar surface area (TPSA) is 102 Å². The van der Waals surface area contributed by atoms with Crippen LogP contribution in [0.15, 0.2) is 45.5 Å². The number of nitrogens with zero attached hydrogens (tertiary/aromatic N) is 3. The molecule has 0 saturated carbocycles. The van der Waals surface area contributed by atoms with Crippen LogP contribution in [-0.2, 0) is 17.6 Å². The van der Waals surface area contributed by atoms with Crippen molar-refractivity contribution >= 4 is 50.7 Å². The Hall–Kier alpha value is -2.60. The summed E-state index contributed by atoms with van der Waals surface area (Å²) in [5.41, 5.74) is 7.35. The van der Waals surface area contributed by atoms with E-state index in [9.17, 15) is 14.9 Å². The molecule has 0 bridgehead atoms. The number of aryl methyl sites for hydroxylation is 2. The van der Waals surface area contributed by atoms with E-state index in [0.29, 0.717) is 26.1 Å². The summed E-state index contributed by atoms with van der Waals surface area (Å²) < 4.78 is 1.53. The van der Waals surface area contributed by atoms with Gasteiger partial charge in [-0.25, -0.2) is 4.98 Å². The fourth-order valence-corrected chi connectivity index (χ4v) is 5.99. The van der Waals surface area contributed by atoms with E-state index in [2.05, 4.69) is 0 Å². The van der Waals surface area contributed by atoms with Gasteiger partial charge in [-0.1, -0.05) is 23.4 Å². The quantitative estimate of drug-likeness (QED) is 0.256. The van der Waals surface area contributed by atoms with Crippen LogP contribution in [0.3, 0.4) is 0 Å². The number of Topliss-reactive ketones (excluding diaryl/α,β-unsaturated/α-hetero) is 1. The molecule has 0 radical (unpaired) electrons. The fraction of sp³-hybridized carbons (Fsp3) is 0.273. The number of nitriles is 1. The second-order valence-electron chi connectivity index (χ2n) is 7.28. The molecule has 0 fully saturated rings. The molecule has 0 spiro atoms. The third-order valence-corrected chi connectivity index (χ3v) is 7.54. The number of halogens is 1. The van der Waals surface area contributed by atoms with E-state index >= 15 is 0 Å². The Bertz CT molecular complexity index is 1310. The average molecular weight is 471 g/mol. The Kier molecular flexibility index (Phi) is 6.19. The molecule has 158 valence electrons. The van der Waals surface area contributed by atoms with Gasteiger partial charge >= 0.3 is 0 Å². The highest BCUT2D eigenvalue weighted by Gasteiger charge is 2.23. The van der Waals surface area contributed by atoms with Gasteiger partial charge in [-0.05, 0) is 62.4 Å². The molecule has 6 nitrogen and oxygen atoms in total. The molecule has 1 aromatic carbocycles. The SMILES string of the molecule is C/C(N)=C(/C#N)C(=O)CSc1nc2sc3c(c2c(=O)n1-c1ccc(Cl)cc1)CCCC3. The van der Waals surface area contributed by atoms with Gasteiger partial charge in [0.25, 0.3) is 5.56 Å². The minimum absolute atomic E-state index is 0.0476. The van der Waals surface area contributed by atoms with Crippen molar-refractivity contribution in [3.63, 3.8) is 0 Å². The van der Waals surface area contributed by atoms with Gasteiger partial charge in [0.2, 0.25) is 0 Å². The minimum atomic E-state index is -0.394. The molecule has 9 heteroatoms. The Morgan fingerprint density at radius 1 is 1.32 bits per heavy atom. The molecule has 4 rings (SSSR count). The number of hydrogen-bond acceptors (Lipinski definition) is 7. The first-order valence-electron chi connectivity index (χ1n) is 9.76. The molecular weight excluding hydrogens is 452 g/mol. The van der Waals surface area contributed by atoms with Crippen molar-refractivity contribution in [2.24, 2.45) is 5.73 Å². The van der Waals surface area contributed by atoms with Crippen LogP contribution in [0.4, 0.5) is 0 Å². The van der Waals surface area contributed by atoms with E-state index < -0.39 is 5.78 Å². The highest BCUT2D eigenvalue weighted by Crippen LogP contribution is 2.35. The predicted molar refractivity (Wildman–Crippen MR) is 125 cm³/mol. The van der Waals surface area contributed by atoms with Crippen molar-refractivity contribution in [2.75, 3.05) is 5.75 Å². The lowest BCUT2D eigenvalue weighted by atomic mass is 9.97. The van der Waals surface area contributed by atoms with Gasteiger partial charge in [0, 0.05) is 15.6 Å². The summed E-state index contributed by atoms with van der Waals surface area (Å²) in [6.45, 7) is 1.52. The summed E-state index contributed by atoms with van der Waals surface area (Å²) in [6, 6.07) is 8.79. The second kappa shape index (κ2) is 8.87. The van der Waals surface area contributed by atoms with Gasteiger partial charge in [0.15, 0.2) is 10.9 Å². The third-order valence-electron chi connectivity index (χ3n) is 5.16. The summed E-state index contributed by atoms with van der Waals surface area (Å²) in [6.07, 6.45) is 4.02. The van der Waals surface area contributed by atoms with Crippen LogP contribution in [0.2, 0.25) is 5.02 Å². The Morgan fingerprint density at radius 2 is 2.03 bits per heavy atom. The number of carbonyl (C=O) groups is 1. The van der Waals surface area contributed by atoms with Gasteiger partial charge in [-0.15, -0.1) is 11.3 Å². The van der Waals surface area contributed by atoms with Crippen LogP contribution >= 0.6 is 34.7 Å².